The van der Waals surface area contributed by atoms with E-state index in [1.807, 2.05) is 63.9 Å². The molecule has 1 aromatic heterocycles. The first kappa shape index (κ1) is 18.4. The van der Waals surface area contributed by atoms with Crippen LogP contribution in [0.5, 0.6) is 0 Å². The molecule has 0 atom stereocenters. The van der Waals surface area contributed by atoms with Gasteiger partial charge in [-0.15, -0.1) is 5.10 Å². The van der Waals surface area contributed by atoms with E-state index in [0.29, 0.717) is 4.77 Å². The normalized spacial score (nSPS) is 14.5. The quantitative estimate of drug-likeness (QED) is 0.437. The summed E-state index contributed by atoms with van der Waals surface area (Å²) in [4.78, 5) is 2.35. The molecule has 1 aliphatic rings. The Morgan fingerprint density at radius 2 is 1.61 bits per heavy atom. The first-order valence-electron chi connectivity index (χ1n) is 9.66. The van der Waals surface area contributed by atoms with Crippen LogP contribution in [0.2, 0.25) is 0 Å². The summed E-state index contributed by atoms with van der Waals surface area (Å²) in [7, 11) is 0. The monoisotopic (exact) mass is 388 g/mol. The van der Waals surface area contributed by atoms with Crippen molar-refractivity contribution in [1.82, 2.24) is 19.2 Å². The van der Waals surface area contributed by atoms with Gasteiger partial charge in [0.05, 0.1) is 5.69 Å². The minimum absolute atomic E-state index is 0.651. The Labute approximate surface area is 171 Å². The van der Waals surface area contributed by atoms with Gasteiger partial charge in [-0.1, -0.05) is 42.0 Å². The van der Waals surface area contributed by atoms with Crippen LogP contribution in [-0.2, 0) is 0 Å². The lowest BCUT2D eigenvalue weighted by Gasteiger charge is -2.08. The molecule has 1 aliphatic heterocycles. The molecule has 1 saturated heterocycles. The fraction of sp³-hybridized carbons (Fsp3) is 0.217. The van der Waals surface area contributed by atoms with E-state index < -0.39 is 0 Å². The molecule has 0 amide bonds. The molecule has 4 nitrogen and oxygen atoms in total. The standard InChI is InChI=1S/C23H24N4S/c1-19-12-14-21(15-13-19)27-23(28)26(20-9-3-2-4-10-20)22(24-27)11-5-6-16-25-17-7-8-18-25/h2-6,9-16H,7-8,17-18H2,1H3/b11-5-,16-6+. The van der Waals surface area contributed by atoms with Gasteiger partial charge in [-0.2, -0.15) is 0 Å². The van der Waals surface area contributed by atoms with E-state index in [9.17, 15) is 0 Å². The number of rotatable bonds is 5. The SMILES string of the molecule is Cc1ccc(-n2nc(/C=C\C=C\N3CCCC3)n(-c3ccccc3)c2=S)cc1. The summed E-state index contributed by atoms with van der Waals surface area (Å²) in [5.41, 5.74) is 3.19. The molecule has 0 aliphatic carbocycles. The van der Waals surface area contributed by atoms with Gasteiger partial charge in [-0.25, -0.2) is 4.68 Å². The van der Waals surface area contributed by atoms with Crippen LogP contribution in [0.15, 0.2) is 72.9 Å². The number of aromatic nitrogens is 3. The number of hydrogen-bond acceptors (Lipinski definition) is 3. The third-order valence-corrected chi connectivity index (χ3v) is 5.25. The van der Waals surface area contributed by atoms with Crippen molar-refractivity contribution in [2.45, 2.75) is 19.8 Å². The molecule has 0 saturated carbocycles. The zero-order valence-electron chi connectivity index (χ0n) is 16.0. The van der Waals surface area contributed by atoms with Crippen molar-refractivity contribution >= 4 is 18.3 Å². The summed E-state index contributed by atoms with van der Waals surface area (Å²) >= 11 is 5.78. The Morgan fingerprint density at radius 3 is 2.32 bits per heavy atom. The highest BCUT2D eigenvalue weighted by Crippen LogP contribution is 2.17. The molecule has 0 radical (unpaired) electrons. The average Bonchev–Trinajstić information content (AvgIpc) is 3.34. The van der Waals surface area contributed by atoms with Gasteiger partial charge < -0.3 is 4.90 Å². The van der Waals surface area contributed by atoms with Crippen LogP contribution in [0.3, 0.4) is 0 Å². The van der Waals surface area contributed by atoms with Crippen LogP contribution >= 0.6 is 12.2 Å². The topological polar surface area (TPSA) is 26.0 Å². The predicted octanol–water partition coefficient (Wildman–Crippen LogP) is 5.32. The zero-order valence-corrected chi connectivity index (χ0v) is 16.8. The van der Waals surface area contributed by atoms with E-state index in [1.54, 1.807) is 0 Å². The summed E-state index contributed by atoms with van der Waals surface area (Å²) in [5.74, 6) is 0.808. The van der Waals surface area contributed by atoms with Crippen LogP contribution < -0.4 is 0 Å². The van der Waals surface area contributed by atoms with Crippen LogP contribution in [0, 0.1) is 11.7 Å². The second-order valence-electron chi connectivity index (χ2n) is 7.00. The first-order chi connectivity index (χ1) is 13.7. The van der Waals surface area contributed by atoms with Crippen LogP contribution in [-0.4, -0.2) is 32.3 Å². The fourth-order valence-electron chi connectivity index (χ4n) is 3.37. The fourth-order valence-corrected chi connectivity index (χ4v) is 3.71. The highest BCUT2D eigenvalue weighted by molar-refractivity contribution is 7.71. The number of para-hydroxylation sites is 1. The van der Waals surface area contributed by atoms with E-state index in [4.69, 9.17) is 17.3 Å². The lowest BCUT2D eigenvalue weighted by molar-refractivity contribution is 0.468. The first-order valence-corrected chi connectivity index (χ1v) is 10.1. The maximum atomic E-state index is 5.78. The number of hydrogen-bond donors (Lipinski definition) is 0. The van der Waals surface area contributed by atoms with E-state index in [2.05, 4.69) is 36.2 Å². The van der Waals surface area contributed by atoms with E-state index in [0.717, 1.165) is 30.3 Å². The van der Waals surface area contributed by atoms with E-state index in [1.165, 1.54) is 18.4 Å². The molecule has 4 rings (SSSR count). The number of nitrogens with zero attached hydrogens (tertiary/aromatic N) is 4. The van der Waals surface area contributed by atoms with Crippen molar-refractivity contribution < 1.29 is 0 Å². The average molecular weight is 389 g/mol. The lowest BCUT2D eigenvalue weighted by atomic mass is 10.2. The minimum atomic E-state index is 0.651. The van der Waals surface area contributed by atoms with Crippen molar-refractivity contribution in [1.29, 1.82) is 0 Å². The van der Waals surface area contributed by atoms with Gasteiger partial charge in [0.2, 0.25) is 4.77 Å². The second kappa shape index (κ2) is 8.40. The molecule has 3 aromatic rings. The summed E-state index contributed by atoms with van der Waals surface area (Å²) < 4.78 is 4.49. The van der Waals surface area contributed by atoms with Crippen molar-refractivity contribution in [2.24, 2.45) is 0 Å². The van der Waals surface area contributed by atoms with Gasteiger partial charge in [-0.05, 0) is 74.6 Å². The van der Waals surface area contributed by atoms with Crippen LogP contribution in [0.4, 0.5) is 0 Å². The Balaban J connectivity index is 1.72. The molecule has 0 unspecified atom stereocenters. The minimum Gasteiger partial charge on any atom is -0.377 e. The summed E-state index contributed by atoms with van der Waals surface area (Å²) in [6.07, 6.45) is 10.8. The van der Waals surface area contributed by atoms with Crippen LogP contribution in [0.25, 0.3) is 17.5 Å². The van der Waals surface area contributed by atoms with E-state index in [-0.39, 0.29) is 0 Å². The van der Waals surface area contributed by atoms with Crippen LogP contribution in [0.1, 0.15) is 24.2 Å². The second-order valence-corrected chi connectivity index (χ2v) is 7.37. The Kier molecular flexibility index (Phi) is 5.53. The molecule has 1 fully saturated rings. The van der Waals surface area contributed by atoms with Gasteiger partial charge in [0.1, 0.15) is 0 Å². The van der Waals surface area contributed by atoms with Crippen molar-refractivity contribution in [3.63, 3.8) is 0 Å². The molecule has 2 heterocycles. The Bertz CT molecular complexity index is 1040. The molecule has 2 aromatic carbocycles. The number of aryl methyl sites for hydroxylation is 1. The Morgan fingerprint density at radius 1 is 0.893 bits per heavy atom. The van der Waals surface area contributed by atoms with Gasteiger partial charge in [0.25, 0.3) is 0 Å². The number of allylic oxidation sites excluding steroid dienone is 2. The van der Waals surface area contributed by atoms with Gasteiger partial charge in [0, 0.05) is 18.8 Å². The highest BCUT2D eigenvalue weighted by Gasteiger charge is 2.11. The molecule has 0 bridgehead atoms. The molecular formula is C23H24N4S. The van der Waals surface area contributed by atoms with Gasteiger partial charge >= 0.3 is 0 Å². The maximum Gasteiger partial charge on any atom is 0.207 e. The van der Waals surface area contributed by atoms with Crippen molar-refractivity contribution in [2.75, 3.05) is 13.1 Å². The van der Waals surface area contributed by atoms with Crippen molar-refractivity contribution in [3.8, 4) is 11.4 Å². The van der Waals surface area contributed by atoms with Crippen molar-refractivity contribution in [3.05, 3.63) is 89.1 Å². The summed E-state index contributed by atoms with van der Waals surface area (Å²) in [6.45, 7) is 4.37. The lowest BCUT2D eigenvalue weighted by Crippen LogP contribution is -2.09. The van der Waals surface area contributed by atoms with Gasteiger partial charge in [0.15, 0.2) is 5.82 Å². The zero-order chi connectivity index (χ0) is 19.3. The largest absolute Gasteiger partial charge is 0.377 e. The molecule has 28 heavy (non-hydrogen) atoms. The third-order valence-electron chi connectivity index (χ3n) is 4.89. The number of likely N-dealkylation sites (tertiary alicyclic amines) is 1. The molecule has 0 N–H and O–H groups in total. The number of benzene rings is 2. The summed E-state index contributed by atoms with van der Waals surface area (Å²) in [5, 5.41) is 4.80. The Hall–Kier alpha value is -2.92. The molecule has 142 valence electrons. The predicted molar refractivity (Wildman–Crippen MR) is 117 cm³/mol. The molecule has 5 heteroatoms. The summed E-state index contributed by atoms with van der Waals surface area (Å²) in [6, 6.07) is 18.4. The molecular weight excluding hydrogens is 364 g/mol. The van der Waals surface area contributed by atoms with E-state index >= 15 is 0 Å². The third kappa shape index (κ3) is 3.99. The van der Waals surface area contributed by atoms with Gasteiger partial charge in [-0.3, -0.25) is 4.57 Å². The smallest absolute Gasteiger partial charge is 0.207 e. The molecule has 0 spiro atoms. The maximum absolute atomic E-state index is 5.78. The highest BCUT2D eigenvalue weighted by atomic mass is 32.1.